The summed E-state index contributed by atoms with van der Waals surface area (Å²) in [7, 11) is 0. The largest absolute Gasteiger partial charge is 0.321 e. The molecule has 0 spiro atoms. The van der Waals surface area contributed by atoms with Gasteiger partial charge in [0.25, 0.3) is 5.91 Å². The van der Waals surface area contributed by atoms with E-state index in [-0.39, 0.29) is 5.91 Å². The SMILES string of the molecule is O=C(Nc1ccccc1)c1cn(Cc2ccccc2)nn1. The average molecular weight is 278 g/mol. The molecule has 1 heterocycles. The van der Waals surface area contributed by atoms with Crippen molar-refractivity contribution in [3.8, 4) is 0 Å². The van der Waals surface area contributed by atoms with Crippen molar-refractivity contribution in [3.05, 3.63) is 78.1 Å². The lowest BCUT2D eigenvalue weighted by molar-refractivity contribution is 0.102. The number of nitrogens with zero attached hydrogens (tertiary/aromatic N) is 3. The average Bonchev–Trinajstić information content (AvgIpc) is 2.98. The highest BCUT2D eigenvalue weighted by Gasteiger charge is 2.11. The molecule has 3 aromatic rings. The second-order valence-corrected chi connectivity index (χ2v) is 4.61. The minimum absolute atomic E-state index is 0.263. The van der Waals surface area contributed by atoms with E-state index in [4.69, 9.17) is 0 Å². The molecule has 0 unspecified atom stereocenters. The van der Waals surface area contributed by atoms with Crippen LogP contribution in [0, 0.1) is 0 Å². The zero-order chi connectivity index (χ0) is 14.5. The molecule has 0 bridgehead atoms. The zero-order valence-electron chi connectivity index (χ0n) is 11.3. The number of carbonyl (C=O) groups excluding carboxylic acids is 1. The van der Waals surface area contributed by atoms with Crippen LogP contribution in [0.5, 0.6) is 0 Å². The van der Waals surface area contributed by atoms with Crippen molar-refractivity contribution < 1.29 is 4.79 Å². The van der Waals surface area contributed by atoms with E-state index >= 15 is 0 Å². The van der Waals surface area contributed by atoms with Gasteiger partial charge in [0.2, 0.25) is 0 Å². The van der Waals surface area contributed by atoms with Gasteiger partial charge in [0.15, 0.2) is 5.69 Å². The van der Waals surface area contributed by atoms with Gasteiger partial charge in [0.05, 0.1) is 12.7 Å². The highest BCUT2D eigenvalue weighted by Crippen LogP contribution is 2.07. The third-order valence-electron chi connectivity index (χ3n) is 2.99. The van der Waals surface area contributed by atoms with Gasteiger partial charge >= 0.3 is 0 Å². The molecule has 0 saturated heterocycles. The molecule has 0 atom stereocenters. The fourth-order valence-electron chi connectivity index (χ4n) is 1.97. The van der Waals surface area contributed by atoms with E-state index in [0.717, 1.165) is 11.3 Å². The van der Waals surface area contributed by atoms with E-state index < -0.39 is 0 Å². The summed E-state index contributed by atoms with van der Waals surface area (Å²) in [5.41, 5.74) is 2.15. The number of amides is 1. The first-order chi connectivity index (χ1) is 10.3. The summed E-state index contributed by atoms with van der Waals surface area (Å²) in [5, 5.41) is 10.7. The van der Waals surface area contributed by atoms with Gasteiger partial charge in [-0.2, -0.15) is 0 Å². The molecule has 104 valence electrons. The summed E-state index contributed by atoms with van der Waals surface area (Å²) in [5.74, 6) is -0.263. The first-order valence-electron chi connectivity index (χ1n) is 6.62. The van der Waals surface area contributed by atoms with Crippen LogP contribution >= 0.6 is 0 Å². The first kappa shape index (κ1) is 13.1. The Labute approximate surface area is 122 Å². The van der Waals surface area contributed by atoms with Crippen LogP contribution in [0.15, 0.2) is 66.9 Å². The maximum atomic E-state index is 12.1. The maximum Gasteiger partial charge on any atom is 0.277 e. The number of hydrogen-bond acceptors (Lipinski definition) is 3. The van der Waals surface area contributed by atoms with E-state index in [2.05, 4.69) is 15.6 Å². The topological polar surface area (TPSA) is 59.8 Å². The number of hydrogen-bond donors (Lipinski definition) is 1. The van der Waals surface area contributed by atoms with Crippen molar-refractivity contribution >= 4 is 11.6 Å². The number of para-hydroxylation sites is 1. The minimum Gasteiger partial charge on any atom is -0.321 e. The Kier molecular flexibility index (Phi) is 3.73. The molecule has 2 aromatic carbocycles. The quantitative estimate of drug-likeness (QED) is 0.798. The predicted octanol–water partition coefficient (Wildman–Crippen LogP) is 2.58. The van der Waals surface area contributed by atoms with Crippen LogP contribution < -0.4 is 5.32 Å². The Balaban J connectivity index is 1.68. The van der Waals surface area contributed by atoms with Gasteiger partial charge in [-0.3, -0.25) is 4.79 Å². The van der Waals surface area contributed by atoms with Gasteiger partial charge < -0.3 is 5.32 Å². The van der Waals surface area contributed by atoms with Gasteiger partial charge in [0, 0.05) is 5.69 Å². The molecule has 0 fully saturated rings. The van der Waals surface area contributed by atoms with Crippen molar-refractivity contribution in [2.24, 2.45) is 0 Å². The summed E-state index contributed by atoms with van der Waals surface area (Å²) in [4.78, 5) is 12.1. The molecular weight excluding hydrogens is 264 g/mol. The van der Waals surface area contributed by atoms with Crippen molar-refractivity contribution in [2.75, 3.05) is 5.32 Å². The van der Waals surface area contributed by atoms with Crippen molar-refractivity contribution in [2.45, 2.75) is 6.54 Å². The third kappa shape index (κ3) is 3.33. The molecular formula is C16H14N4O. The minimum atomic E-state index is -0.263. The van der Waals surface area contributed by atoms with Gasteiger partial charge in [-0.05, 0) is 17.7 Å². The molecule has 5 nitrogen and oxygen atoms in total. The number of aromatic nitrogens is 3. The highest BCUT2D eigenvalue weighted by molar-refractivity contribution is 6.02. The summed E-state index contributed by atoms with van der Waals surface area (Å²) >= 11 is 0. The highest BCUT2D eigenvalue weighted by atomic mass is 16.2. The third-order valence-corrected chi connectivity index (χ3v) is 2.99. The second-order valence-electron chi connectivity index (χ2n) is 4.61. The van der Waals surface area contributed by atoms with E-state index in [1.165, 1.54) is 0 Å². The molecule has 0 radical (unpaired) electrons. The van der Waals surface area contributed by atoms with Crippen LogP contribution in [-0.4, -0.2) is 20.9 Å². The fourth-order valence-corrected chi connectivity index (χ4v) is 1.97. The lowest BCUT2D eigenvalue weighted by atomic mass is 10.2. The number of carbonyl (C=O) groups is 1. The Hall–Kier alpha value is -2.95. The van der Waals surface area contributed by atoms with E-state index in [9.17, 15) is 4.79 Å². The molecule has 21 heavy (non-hydrogen) atoms. The van der Waals surface area contributed by atoms with Crippen LogP contribution in [0.2, 0.25) is 0 Å². The predicted molar refractivity (Wildman–Crippen MR) is 80.0 cm³/mol. The molecule has 1 N–H and O–H groups in total. The van der Waals surface area contributed by atoms with Crippen molar-refractivity contribution in [1.29, 1.82) is 0 Å². The van der Waals surface area contributed by atoms with Crippen LogP contribution in [0.3, 0.4) is 0 Å². The summed E-state index contributed by atoms with van der Waals surface area (Å²) in [6.07, 6.45) is 1.64. The maximum absolute atomic E-state index is 12.1. The molecule has 0 aliphatic heterocycles. The van der Waals surface area contributed by atoms with Crippen LogP contribution in [-0.2, 0) is 6.54 Å². The lowest BCUT2D eigenvalue weighted by Crippen LogP contribution is -2.12. The van der Waals surface area contributed by atoms with Crippen LogP contribution in [0.25, 0.3) is 0 Å². The smallest absolute Gasteiger partial charge is 0.277 e. The molecule has 0 saturated carbocycles. The fraction of sp³-hybridized carbons (Fsp3) is 0.0625. The van der Waals surface area contributed by atoms with Gasteiger partial charge in [-0.25, -0.2) is 4.68 Å². The number of rotatable bonds is 4. The summed E-state index contributed by atoms with van der Waals surface area (Å²) in [6.45, 7) is 0.590. The molecule has 1 amide bonds. The van der Waals surface area contributed by atoms with Gasteiger partial charge in [0.1, 0.15) is 0 Å². The molecule has 0 aliphatic carbocycles. The van der Waals surface area contributed by atoms with Crippen LogP contribution in [0.1, 0.15) is 16.1 Å². The summed E-state index contributed by atoms with van der Waals surface area (Å²) in [6, 6.07) is 19.2. The molecule has 5 heteroatoms. The van der Waals surface area contributed by atoms with E-state index in [1.807, 2.05) is 60.7 Å². The number of anilines is 1. The Morgan fingerprint density at radius 3 is 2.38 bits per heavy atom. The molecule has 1 aromatic heterocycles. The van der Waals surface area contributed by atoms with Crippen LogP contribution in [0.4, 0.5) is 5.69 Å². The van der Waals surface area contributed by atoms with E-state index in [0.29, 0.717) is 12.2 Å². The van der Waals surface area contributed by atoms with Crippen molar-refractivity contribution in [3.63, 3.8) is 0 Å². The lowest BCUT2D eigenvalue weighted by Gasteiger charge is -2.01. The van der Waals surface area contributed by atoms with Gasteiger partial charge in [-0.1, -0.05) is 53.7 Å². The summed E-state index contributed by atoms with van der Waals surface area (Å²) < 4.78 is 1.65. The molecule has 0 aliphatic rings. The Morgan fingerprint density at radius 2 is 1.67 bits per heavy atom. The zero-order valence-corrected chi connectivity index (χ0v) is 11.3. The standard InChI is InChI=1S/C16H14N4O/c21-16(17-14-9-5-2-6-10-14)15-12-20(19-18-15)11-13-7-3-1-4-8-13/h1-10,12H,11H2,(H,17,21). The monoisotopic (exact) mass is 278 g/mol. The normalized spacial score (nSPS) is 10.3. The van der Waals surface area contributed by atoms with E-state index in [1.54, 1.807) is 10.9 Å². The van der Waals surface area contributed by atoms with Gasteiger partial charge in [-0.15, -0.1) is 5.10 Å². The Bertz CT molecular complexity index is 722. The van der Waals surface area contributed by atoms with Crippen molar-refractivity contribution in [1.82, 2.24) is 15.0 Å². The number of benzene rings is 2. The number of nitrogens with one attached hydrogen (secondary N) is 1. The second kappa shape index (κ2) is 6.00. The first-order valence-corrected chi connectivity index (χ1v) is 6.62. The Morgan fingerprint density at radius 1 is 1.00 bits per heavy atom. The molecule has 3 rings (SSSR count).